The van der Waals surface area contributed by atoms with Gasteiger partial charge in [-0.25, -0.2) is 4.79 Å². The monoisotopic (exact) mass is 257 g/mol. The lowest BCUT2D eigenvalue weighted by Gasteiger charge is -2.17. The lowest BCUT2D eigenvalue weighted by molar-refractivity contribution is -0.145. The maximum absolute atomic E-state index is 12.4. The van der Waals surface area contributed by atoms with E-state index >= 15 is 0 Å². The highest BCUT2D eigenvalue weighted by Gasteiger charge is 2.30. The summed E-state index contributed by atoms with van der Waals surface area (Å²) in [6, 6.07) is 4.64. The van der Waals surface area contributed by atoms with E-state index in [0.29, 0.717) is 11.3 Å². The van der Waals surface area contributed by atoms with Gasteiger partial charge in [0.05, 0.1) is 17.7 Å². The Labute approximate surface area is 101 Å². The zero-order chi connectivity index (χ0) is 13.3. The fourth-order valence-electron chi connectivity index (χ4n) is 1.74. The van der Waals surface area contributed by atoms with Crippen molar-refractivity contribution in [1.29, 1.82) is 0 Å². The maximum Gasteiger partial charge on any atom is 0.416 e. The van der Waals surface area contributed by atoms with Gasteiger partial charge in [-0.1, -0.05) is 24.2 Å². The van der Waals surface area contributed by atoms with Crippen LogP contribution in [0, 0.1) is 5.92 Å². The third-order valence-electron chi connectivity index (χ3n) is 2.69. The van der Waals surface area contributed by atoms with E-state index in [9.17, 15) is 18.0 Å². The average Bonchev–Trinajstić information content (AvgIpc) is 2.28. The van der Waals surface area contributed by atoms with Gasteiger partial charge < -0.3 is 4.84 Å². The van der Waals surface area contributed by atoms with Crippen LogP contribution in [0.3, 0.4) is 0 Å². The minimum atomic E-state index is -4.36. The zero-order valence-electron chi connectivity index (χ0n) is 9.49. The average molecular weight is 257 g/mol. The summed E-state index contributed by atoms with van der Waals surface area (Å²) in [5, 5.41) is 3.64. The van der Waals surface area contributed by atoms with E-state index in [1.165, 1.54) is 12.1 Å². The highest BCUT2D eigenvalue weighted by Crippen LogP contribution is 2.29. The van der Waals surface area contributed by atoms with Crippen LogP contribution in [-0.4, -0.2) is 11.7 Å². The molecule has 0 N–H and O–H groups in total. The molecule has 6 heteroatoms. The number of carbonyl (C=O) groups excluding carboxylic acids is 1. The molecule has 1 aromatic rings. The van der Waals surface area contributed by atoms with Crippen LogP contribution in [0.4, 0.5) is 13.2 Å². The van der Waals surface area contributed by atoms with Crippen LogP contribution in [0.15, 0.2) is 29.4 Å². The maximum atomic E-state index is 12.4. The Bertz CT molecular complexity index is 491. The number of carbonyl (C=O) groups is 1. The van der Waals surface area contributed by atoms with Crippen LogP contribution in [0.1, 0.15) is 24.5 Å². The summed E-state index contributed by atoms with van der Waals surface area (Å²) in [6.07, 6.45) is -4.18. The second kappa shape index (κ2) is 4.44. The summed E-state index contributed by atoms with van der Waals surface area (Å²) in [5.41, 5.74) is 0.304. The van der Waals surface area contributed by atoms with Gasteiger partial charge in [0.15, 0.2) is 0 Å². The standard InChI is InChI=1S/C12H10F3NO2/c1-7-6-10(17)18-16-11(7)8-2-4-9(5-3-8)12(13,14)15/h2-5,7H,6H2,1H3/t7-/m1/s1. The highest BCUT2D eigenvalue weighted by atomic mass is 19.4. The molecular formula is C12H10F3NO2. The van der Waals surface area contributed by atoms with E-state index in [4.69, 9.17) is 0 Å². The Kier molecular flexibility index (Phi) is 3.11. The lowest BCUT2D eigenvalue weighted by Crippen LogP contribution is -2.23. The van der Waals surface area contributed by atoms with Crippen molar-refractivity contribution in [3.05, 3.63) is 35.4 Å². The Morgan fingerprint density at radius 3 is 2.39 bits per heavy atom. The first-order valence-electron chi connectivity index (χ1n) is 5.33. The first kappa shape index (κ1) is 12.6. The number of oxime groups is 1. The highest BCUT2D eigenvalue weighted by molar-refractivity contribution is 6.04. The minimum absolute atomic E-state index is 0.164. The van der Waals surface area contributed by atoms with Crippen molar-refractivity contribution in [1.82, 2.24) is 0 Å². The van der Waals surface area contributed by atoms with Gasteiger partial charge in [0.25, 0.3) is 0 Å². The van der Waals surface area contributed by atoms with Crippen molar-refractivity contribution in [2.24, 2.45) is 11.1 Å². The molecule has 1 heterocycles. The Balaban J connectivity index is 2.28. The zero-order valence-corrected chi connectivity index (χ0v) is 9.49. The molecule has 0 radical (unpaired) electrons. The molecule has 0 spiro atoms. The molecule has 0 fully saturated rings. The lowest BCUT2D eigenvalue weighted by atomic mass is 9.94. The molecule has 0 aromatic heterocycles. The predicted molar refractivity (Wildman–Crippen MR) is 57.9 cm³/mol. The molecule has 0 bridgehead atoms. The fourth-order valence-corrected chi connectivity index (χ4v) is 1.74. The van der Waals surface area contributed by atoms with E-state index in [1.54, 1.807) is 6.92 Å². The summed E-state index contributed by atoms with van der Waals surface area (Å²) < 4.78 is 37.2. The second-order valence-electron chi connectivity index (χ2n) is 4.12. The molecule has 96 valence electrons. The summed E-state index contributed by atoms with van der Waals surface area (Å²) in [6.45, 7) is 1.77. The van der Waals surface area contributed by atoms with E-state index in [1.807, 2.05) is 0 Å². The van der Waals surface area contributed by atoms with Gasteiger partial charge in [-0.15, -0.1) is 0 Å². The first-order chi connectivity index (χ1) is 8.38. The molecule has 1 aliphatic heterocycles. The number of hydrogen-bond donors (Lipinski definition) is 0. The topological polar surface area (TPSA) is 38.7 Å². The van der Waals surface area contributed by atoms with Gasteiger partial charge >= 0.3 is 12.1 Å². The molecule has 0 amide bonds. The Hall–Kier alpha value is -1.85. The Morgan fingerprint density at radius 1 is 1.28 bits per heavy atom. The van der Waals surface area contributed by atoms with Crippen molar-refractivity contribution >= 4 is 11.7 Å². The second-order valence-corrected chi connectivity index (χ2v) is 4.12. The normalized spacial score (nSPS) is 20.3. The minimum Gasteiger partial charge on any atom is -0.318 e. The van der Waals surface area contributed by atoms with Crippen LogP contribution < -0.4 is 0 Å². The van der Waals surface area contributed by atoms with Crippen molar-refractivity contribution in [3.63, 3.8) is 0 Å². The molecule has 2 rings (SSSR count). The summed E-state index contributed by atoms with van der Waals surface area (Å²) in [7, 11) is 0. The van der Waals surface area contributed by atoms with Gasteiger partial charge in [-0.05, 0) is 17.7 Å². The molecule has 0 saturated heterocycles. The summed E-state index contributed by atoms with van der Waals surface area (Å²) >= 11 is 0. The van der Waals surface area contributed by atoms with Gasteiger partial charge in [-0.3, -0.25) is 0 Å². The number of rotatable bonds is 1. The van der Waals surface area contributed by atoms with E-state index in [-0.39, 0.29) is 12.3 Å². The van der Waals surface area contributed by atoms with Crippen molar-refractivity contribution in [2.75, 3.05) is 0 Å². The largest absolute Gasteiger partial charge is 0.416 e. The van der Waals surface area contributed by atoms with Crippen LogP contribution >= 0.6 is 0 Å². The number of nitrogens with zero attached hydrogens (tertiary/aromatic N) is 1. The molecule has 3 nitrogen and oxygen atoms in total. The first-order valence-corrected chi connectivity index (χ1v) is 5.33. The van der Waals surface area contributed by atoms with Crippen LogP contribution in [-0.2, 0) is 15.8 Å². The third-order valence-corrected chi connectivity index (χ3v) is 2.69. The molecule has 18 heavy (non-hydrogen) atoms. The van der Waals surface area contributed by atoms with Crippen LogP contribution in [0.5, 0.6) is 0 Å². The number of alkyl halides is 3. The molecule has 0 unspecified atom stereocenters. The number of benzene rings is 1. The van der Waals surface area contributed by atoms with Gasteiger partial charge in [0, 0.05) is 5.92 Å². The van der Waals surface area contributed by atoms with Gasteiger partial charge in [-0.2, -0.15) is 13.2 Å². The van der Waals surface area contributed by atoms with Crippen LogP contribution in [0.2, 0.25) is 0 Å². The number of hydrogen-bond acceptors (Lipinski definition) is 3. The van der Waals surface area contributed by atoms with Crippen molar-refractivity contribution in [2.45, 2.75) is 19.5 Å². The molecule has 1 aromatic carbocycles. The van der Waals surface area contributed by atoms with Crippen LogP contribution in [0.25, 0.3) is 0 Å². The fraction of sp³-hybridized carbons (Fsp3) is 0.333. The summed E-state index contributed by atoms with van der Waals surface area (Å²) in [4.78, 5) is 15.5. The van der Waals surface area contributed by atoms with Crippen molar-refractivity contribution < 1.29 is 22.8 Å². The molecule has 1 atom stereocenters. The number of halogens is 3. The molecular weight excluding hydrogens is 247 g/mol. The van der Waals surface area contributed by atoms with E-state index in [2.05, 4.69) is 9.99 Å². The predicted octanol–water partition coefficient (Wildman–Crippen LogP) is 2.99. The molecule has 0 saturated carbocycles. The van der Waals surface area contributed by atoms with Gasteiger partial charge in [0.1, 0.15) is 0 Å². The van der Waals surface area contributed by atoms with E-state index in [0.717, 1.165) is 12.1 Å². The third kappa shape index (κ3) is 2.52. The molecule has 0 aliphatic carbocycles. The SMILES string of the molecule is C[C@@H]1CC(=O)ON=C1c1ccc(C(F)(F)F)cc1. The summed E-state index contributed by atoms with van der Waals surface area (Å²) in [5.74, 6) is -0.596. The van der Waals surface area contributed by atoms with Gasteiger partial charge in [0.2, 0.25) is 0 Å². The van der Waals surface area contributed by atoms with Crippen molar-refractivity contribution in [3.8, 4) is 0 Å². The smallest absolute Gasteiger partial charge is 0.318 e. The molecule has 1 aliphatic rings. The van der Waals surface area contributed by atoms with E-state index < -0.39 is 17.7 Å². The Morgan fingerprint density at radius 2 is 1.89 bits per heavy atom. The quantitative estimate of drug-likeness (QED) is 0.725.